The number of halogens is 2. The summed E-state index contributed by atoms with van der Waals surface area (Å²) < 4.78 is 13.8. The van der Waals surface area contributed by atoms with Gasteiger partial charge in [-0.2, -0.15) is 0 Å². The van der Waals surface area contributed by atoms with Gasteiger partial charge in [-0.05, 0) is 39.7 Å². The van der Waals surface area contributed by atoms with Crippen LogP contribution in [0.4, 0.5) is 10.1 Å². The predicted octanol–water partition coefficient (Wildman–Crippen LogP) is 4.75. The lowest BCUT2D eigenvalue weighted by Gasteiger charge is -2.17. The Hall–Kier alpha value is -1.13. The molecule has 1 nitrogen and oxygen atoms in total. The van der Waals surface area contributed by atoms with Gasteiger partial charge in [-0.25, -0.2) is 4.39 Å². The van der Waals surface area contributed by atoms with Crippen molar-refractivity contribution < 1.29 is 4.39 Å². The Morgan fingerprint density at radius 2 is 1.70 bits per heavy atom. The van der Waals surface area contributed by atoms with Crippen molar-refractivity contribution >= 4 is 34.9 Å². The molecule has 0 spiro atoms. The molecule has 2 aromatic rings. The third-order valence-electron chi connectivity index (χ3n) is 3.23. The molecule has 0 atom stereocenters. The van der Waals surface area contributed by atoms with E-state index in [0.29, 0.717) is 0 Å². The Morgan fingerprint density at radius 1 is 1.05 bits per heavy atom. The molecule has 0 heterocycles. The van der Waals surface area contributed by atoms with Gasteiger partial charge < -0.3 is 5.32 Å². The van der Waals surface area contributed by atoms with Gasteiger partial charge in [0.1, 0.15) is 5.82 Å². The first-order valence-electron chi connectivity index (χ1n) is 6.64. The van der Waals surface area contributed by atoms with Crippen molar-refractivity contribution in [1.82, 2.24) is 0 Å². The van der Waals surface area contributed by atoms with Gasteiger partial charge >= 0.3 is 0 Å². The third kappa shape index (κ3) is 3.93. The summed E-state index contributed by atoms with van der Waals surface area (Å²) in [6, 6.07) is 13.5. The molecule has 20 heavy (non-hydrogen) atoms. The summed E-state index contributed by atoms with van der Waals surface area (Å²) in [7, 11) is -1.23. The average molecular weight is 352 g/mol. The summed E-state index contributed by atoms with van der Waals surface area (Å²) in [4.78, 5) is 0. The Bertz CT molecular complexity index is 590. The molecule has 0 amide bonds. The Kier molecular flexibility index (Phi) is 4.65. The van der Waals surface area contributed by atoms with Crippen molar-refractivity contribution in [3.63, 3.8) is 0 Å². The van der Waals surface area contributed by atoms with Crippen LogP contribution in [0.2, 0.25) is 19.6 Å². The van der Waals surface area contributed by atoms with Crippen LogP contribution in [0.25, 0.3) is 0 Å². The van der Waals surface area contributed by atoms with Crippen molar-refractivity contribution in [3.05, 3.63) is 58.3 Å². The van der Waals surface area contributed by atoms with Crippen LogP contribution in [0.3, 0.4) is 0 Å². The molecular weight excluding hydrogens is 333 g/mol. The van der Waals surface area contributed by atoms with Crippen LogP contribution in [0, 0.1) is 5.82 Å². The van der Waals surface area contributed by atoms with Crippen LogP contribution in [-0.2, 0) is 6.54 Å². The lowest BCUT2D eigenvalue weighted by molar-refractivity contribution is 0.627. The highest BCUT2D eigenvalue weighted by atomic mass is 79.9. The number of anilines is 1. The highest BCUT2D eigenvalue weighted by Gasteiger charge is 2.15. The number of benzene rings is 2. The smallest absolute Gasteiger partial charge is 0.124 e. The monoisotopic (exact) mass is 351 g/mol. The van der Waals surface area contributed by atoms with Crippen molar-refractivity contribution in [2.45, 2.75) is 26.2 Å². The minimum atomic E-state index is -1.23. The maximum Gasteiger partial charge on any atom is 0.124 e. The fourth-order valence-electron chi connectivity index (χ4n) is 1.95. The van der Waals surface area contributed by atoms with Gasteiger partial charge in [-0.1, -0.05) is 49.1 Å². The maximum absolute atomic E-state index is 13.0. The Balaban J connectivity index is 2.04. The SMILES string of the molecule is C[Si](C)(C)c1ccc(CNc2ccc(F)cc2Br)cc1. The lowest BCUT2D eigenvalue weighted by atomic mass is 10.2. The molecule has 1 N–H and O–H groups in total. The molecule has 0 aromatic heterocycles. The van der Waals surface area contributed by atoms with E-state index in [2.05, 4.69) is 65.2 Å². The van der Waals surface area contributed by atoms with Gasteiger partial charge in [0.2, 0.25) is 0 Å². The van der Waals surface area contributed by atoms with Crippen molar-refractivity contribution in [1.29, 1.82) is 0 Å². The highest BCUT2D eigenvalue weighted by Crippen LogP contribution is 2.23. The molecule has 0 aliphatic heterocycles. The molecule has 0 saturated heterocycles. The summed E-state index contributed by atoms with van der Waals surface area (Å²) in [5.41, 5.74) is 2.13. The summed E-state index contributed by atoms with van der Waals surface area (Å²) in [5, 5.41) is 4.77. The topological polar surface area (TPSA) is 12.0 Å². The van der Waals surface area contributed by atoms with Crippen LogP contribution in [0.5, 0.6) is 0 Å². The molecule has 0 unspecified atom stereocenters. The molecule has 2 rings (SSSR count). The molecule has 0 aliphatic rings. The largest absolute Gasteiger partial charge is 0.380 e. The van der Waals surface area contributed by atoms with Crippen molar-refractivity contribution in [2.75, 3.05) is 5.32 Å². The van der Waals surface area contributed by atoms with E-state index in [1.165, 1.54) is 22.9 Å². The molecule has 4 heteroatoms. The number of rotatable bonds is 4. The van der Waals surface area contributed by atoms with E-state index in [9.17, 15) is 4.39 Å². The quantitative estimate of drug-likeness (QED) is 0.784. The van der Waals surface area contributed by atoms with Gasteiger partial charge in [-0.3, -0.25) is 0 Å². The number of hydrogen-bond acceptors (Lipinski definition) is 1. The Morgan fingerprint density at radius 3 is 2.25 bits per heavy atom. The normalized spacial score (nSPS) is 11.4. The first-order valence-corrected chi connectivity index (χ1v) is 10.9. The predicted molar refractivity (Wildman–Crippen MR) is 90.8 cm³/mol. The molecule has 0 radical (unpaired) electrons. The van der Waals surface area contributed by atoms with E-state index in [4.69, 9.17) is 0 Å². The van der Waals surface area contributed by atoms with Crippen LogP contribution in [0.15, 0.2) is 46.9 Å². The first-order chi connectivity index (χ1) is 9.36. The van der Waals surface area contributed by atoms with Gasteiger partial charge in [0.05, 0.1) is 8.07 Å². The minimum absolute atomic E-state index is 0.234. The molecule has 0 bridgehead atoms. The molecule has 0 fully saturated rings. The molecule has 106 valence electrons. The fourth-order valence-corrected chi connectivity index (χ4v) is 3.61. The third-order valence-corrected chi connectivity index (χ3v) is 5.96. The second kappa shape index (κ2) is 6.10. The summed E-state index contributed by atoms with van der Waals surface area (Å²) >= 11 is 3.36. The van der Waals surface area contributed by atoms with E-state index in [1.54, 1.807) is 6.07 Å². The lowest BCUT2D eigenvalue weighted by Crippen LogP contribution is -2.37. The van der Waals surface area contributed by atoms with E-state index < -0.39 is 8.07 Å². The first kappa shape index (κ1) is 15.3. The van der Waals surface area contributed by atoms with Gasteiger partial charge in [-0.15, -0.1) is 0 Å². The van der Waals surface area contributed by atoms with Crippen molar-refractivity contribution in [3.8, 4) is 0 Å². The van der Waals surface area contributed by atoms with Crippen LogP contribution in [-0.4, -0.2) is 8.07 Å². The van der Waals surface area contributed by atoms with E-state index in [0.717, 1.165) is 16.7 Å². The van der Waals surface area contributed by atoms with E-state index in [-0.39, 0.29) is 5.82 Å². The molecule has 0 saturated carbocycles. The second-order valence-corrected chi connectivity index (χ2v) is 11.9. The standard InChI is InChI=1S/C16H19BrFNSi/c1-20(2,3)14-7-4-12(5-8-14)11-19-16-9-6-13(18)10-15(16)17/h4-10,19H,11H2,1-3H3. The van der Waals surface area contributed by atoms with Crippen LogP contribution in [0.1, 0.15) is 5.56 Å². The van der Waals surface area contributed by atoms with Gasteiger partial charge in [0.15, 0.2) is 0 Å². The fraction of sp³-hybridized carbons (Fsp3) is 0.250. The zero-order valence-electron chi connectivity index (χ0n) is 12.0. The molecule has 2 aromatic carbocycles. The van der Waals surface area contributed by atoms with Crippen LogP contribution >= 0.6 is 15.9 Å². The number of nitrogens with one attached hydrogen (secondary N) is 1. The molecule has 0 aliphatic carbocycles. The van der Waals surface area contributed by atoms with Crippen molar-refractivity contribution in [2.24, 2.45) is 0 Å². The summed E-state index contributed by atoms with van der Waals surface area (Å²) in [5.74, 6) is -0.234. The summed E-state index contributed by atoms with van der Waals surface area (Å²) in [6.07, 6.45) is 0. The number of hydrogen-bond donors (Lipinski definition) is 1. The van der Waals surface area contributed by atoms with Gasteiger partial charge in [0.25, 0.3) is 0 Å². The Labute approximate surface area is 129 Å². The zero-order valence-corrected chi connectivity index (χ0v) is 14.6. The van der Waals surface area contributed by atoms with E-state index in [1.807, 2.05) is 0 Å². The highest BCUT2D eigenvalue weighted by molar-refractivity contribution is 9.10. The van der Waals surface area contributed by atoms with E-state index >= 15 is 0 Å². The zero-order chi connectivity index (χ0) is 14.8. The van der Waals surface area contributed by atoms with Crippen LogP contribution < -0.4 is 10.5 Å². The molecular formula is C16H19BrFNSi. The average Bonchev–Trinajstić information content (AvgIpc) is 2.37. The van der Waals surface area contributed by atoms with Gasteiger partial charge in [0, 0.05) is 16.7 Å². The second-order valence-electron chi connectivity index (χ2n) is 5.92. The maximum atomic E-state index is 13.0. The summed E-state index contributed by atoms with van der Waals surface area (Å²) in [6.45, 7) is 7.76. The minimum Gasteiger partial charge on any atom is -0.380 e.